The van der Waals surface area contributed by atoms with Crippen LogP contribution in [0.3, 0.4) is 0 Å². The topological polar surface area (TPSA) is 50.4 Å². The van der Waals surface area contributed by atoms with Crippen LogP contribution in [0.25, 0.3) is 0 Å². The van der Waals surface area contributed by atoms with E-state index in [9.17, 15) is 4.79 Å². The second kappa shape index (κ2) is 7.68. The number of hydrogen-bond donors (Lipinski definition) is 2. The molecular weight excluding hydrogens is 288 g/mol. The molecule has 4 heteroatoms. The van der Waals surface area contributed by atoms with E-state index in [1.165, 1.54) is 29.5 Å². The van der Waals surface area contributed by atoms with Crippen molar-refractivity contribution < 1.29 is 9.53 Å². The van der Waals surface area contributed by atoms with Gasteiger partial charge in [-0.2, -0.15) is 0 Å². The minimum absolute atomic E-state index is 0.163. The Balaban J connectivity index is 2.11. The summed E-state index contributed by atoms with van der Waals surface area (Å²) in [6, 6.07) is 12.3. The number of rotatable bonds is 6. The van der Waals surface area contributed by atoms with E-state index < -0.39 is 0 Å². The monoisotopic (exact) mass is 312 g/mol. The average molecular weight is 312 g/mol. The first-order valence-electron chi connectivity index (χ1n) is 7.71. The van der Waals surface area contributed by atoms with Crippen molar-refractivity contribution in [2.75, 3.05) is 24.3 Å². The van der Waals surface area contributed by atoms with Crippen molar-refractivity contribution in [2.24, 2.45) is 0 Å². The molecule has 0 heterocycles. The zero-order valence-corrected chi connectivity index (χ0v) is 14.2. The summed E-state index contributed by atoms with van der Waals surface area (Å²) in [6.07, 6.45) is 0. The summed E-state index contributed by atoms with van der Waals surface area (Å²) >= 11 is 0. The molecule has 2 rings (SSSR count). The molecule has 2 aromatic carbocycles. The quantitative estimate of drug-likeness (QED) is 0.796. The first-order valence-corrected chi connectivity index (χ1v) is 7.71. The molecule has 0 atom stereocenters. The largest absolute Gasteiger partial charge is 0.468 e. The van der Waals surface area contributed by atoms with Gasteiger partial charge in [0.15, 0.2) is 0 Å². The Morgan fingerprint density at radius 1 is 1.04 bits per heavy atom. The molecule has 0 aromatic heterocycles. The number of esters is 1. The first kappa shape index (κ1) is 16.9. The lowest BCUT2D eigenvalue weighted by atomic mass is 10.0. The van der Waals surface area contributed by atoms with Gasteiger partial charge in [0.2, 0.25) is 0 Å². The molecule has 0 aliphatic carbocycles. The van der Waals surface area contributed by atoms with Gasteiger partial charge >= 0.3 is 5.97 Å². The lowest BCUT2D eigenvalue weighted by molar-refractivity contribution is -0.138. The number of anilines is 2. The maximum absolute atomic E-state index is 11.3. The molecule has 4 nitrogen and oxygen atoms in total. The van der Waals surface area contributed by atoms with Crippen LogP contribution in [0.4, 0.5) is 11.4 Å². The number of aryl methyl sites for hydroxylation is 3. The molecule has 0 saturated carbocycles. The highest BCUT2D eigenvalue weighted by Gasteiger charge is 2.07. The van der Waals surface area contributed by atoms with Gasteiger partial charge in [0.25, 0.3) is 0 Å². The van der Waals surface area contributed by atoms with E-state index in [2.05, 4.69) is 48.3 Å². The van der Waals surface area contributed by atoms with Gasteiger partial charge in [-0.1, -0.05) is 35.9 Å². The molecule has 0 saturated heterocycles. The van der Waals surface area contributed by atoms with Gasteiger partial charge in [0, 0.05) is 17.9 Å². The van der Waals surface area contributed by atoms with Gasteiger partial charge in [0.05, 0.1) is 7.11 Å². The zero-order valence-electron chi connectivity index (χ0n) is 14.2. The lowest BCUT2D eigenvalue weighted by Gasteiger charge is -2.16. The summed E-state index contributed by atoms with van der Waals surface area (Å²) in [4.78, 5) is 11.3. The molecule has 2 aromatic rings. The fraction of sp³-hybridized carbons (Fsp3) is 0.316. The number of methoxy groups -OCH3 is 1. The van der Waals surface area contributed by atoms with Gasteiger partial charge in [-0.3, -0.25) is 4.79 Å². The molecule has 0 radical (unpaired) electrons. The van der Waals surface area contributed by atoms with Gasteiger partial charge in [0.1, 0.15) is 6.54 Å². The van der Waals surface area contributed by atoms with Crippen molar-refractivity contribution in [3.8, 4) is 0 Å². The van der Waals surface area contributed by atoms with Gasteiger partial charge in [-0.25, -0.2) is 0 Å². The first-order chi connectivity index (χ1) is 11.0. The van der Waals surface area contributed by atoms with E-state index >= 15 is 0 Å². The molecule has 0 aliphatic heterocycles. The van der Waals surface area contributed by atoms with Crippen LogP contribution in [-0.4, -0.2) is 19.6 Å². The highest BCUT2D eigenvalue weighted by Crippen LogP contribution is 2.24. The third-order valence-electron chi connectivity index (χ3n) is 3.80. The summed E-state index contributed by atoms with van der Waals surface area (Å²) in [6.45, 7) is 7.19. The van der Waals surface area contributed by atoms with Crippen LogP contribution < -0.4 is 10.6 Å². The van der Waals surface area contributed by atoms with E-state index in [-0.39, 0.29) is 12.5 Å². The van der Waals surface area contributed by atoms with Gasteiger partial charge in [-0.05, 0) is 43.5 Å². The van der Waals surface area contributed by atoms with Crippen molar-refractivity contribution in [3.63, 3.8) is 0 Å². The number of carbonyl (C=O) groups is 1. The molecule has 0 unspecified atom stereocenters. The molecule has 0 amide bonds. The summed E-state index contributed by atoms with van der Waals surface area (Å²) < 4.78 is 4.67. The van der Waals surface area contributed by atoms with Crippen molar-refractivity contribution in [3.05, 3.63) is 58.7 Å². The van der Waals surface area contributed by atoms with Crippen LogP contribution in [0, 0.1) is 20.8 Å². The predicted molar refractivity (Wildman–Crippen MR) is 94.9 cm³/mol. The van der Waals surface area contributed by atoms with Crippen molar-refractivity contribution in [2.45, 2.75) is 27.3 Å². The Kier molecular flexibility index (Phi) is 5.63. The van der Waals surface area contributed by atoms with Crippen LogP contribution in [0.1, 0.15) is 22.3 Å². The fourth-order valence-corrected chi connectivity index (χ4v) is 2.73. The number of benzene rings is 2. The maximum Gasteiger partial charge on any atom is 0.325 e. The number of ether oxygens (including phenoxy) is 1. The minimum atomic E-state index is -0.280. The Morgan fingerprint density at radius 3 is 2.35 bits per heavy atom. The zero-order chi connectivity index (χ0) is 16.8. The second-order valence-corrected chi connectivity index (χ2v) is 5.71. The van der Waals surface area contributed by atoms with E-state index in [1.54, 1.807) is 0 Å². The highest BCUT2D eigenvalue weighted by molar-refractivity contribution is 5.75. The summed E-state index contributed by atoms with van der Waals surface area (Å²) in [7, 11) is 1.39. The number of para-hydroxylation sites is 1. The molecule has 2 N–H and O–H groups in total. The standard InChI is InChI=1S/C19H24N2O2/c1-13-9-14(2)19(15(3)10-13)21-11-16-7-5-6-8-17(16)20-12-18(22)23-4/h5-10,20-21H,11-12H2,1-4H3. The summed E-state index contributed by atoms with van der Waals surface area (Å²) in [5.41, 5.74) is 6.96. The number of carbonyl (C=O) groups excluding carboxylic acids is 1. The van der Waals surface area contributed by atoms with Crippen LogP contribution in [0.2, 0.25) is 0 Å². The van der Waals surface area contributed by atoms with E-state index in [0.29, 0.717) is 6.54 Å². The number of nitrogens with one attached hydrogen (secondary N) is 2. The normalized spacial score (nSPS) is 10.3. The van der Waals surface area contributed by atoms with Crippen molar-refractivity contribution in [1.82, 2.24) is 0 Å². The lowest BCUT2D eigenvalue weighted by Crippen LogP contribution is -2.16. The highest BCUT2D eigenvalue weighted by atomic mass is 16.5. The molecular formula is C19H24N2O2. The number of hydrogen-bond acceptors (Lipinski definition) is 4. The third-order valence-corrected chi connectivity index (χ3v) is 3.80. The van der Waals surface area contributed by atoms with Crippen molar-refractivity contribution >= 4 is 17.3 Å². The summed E-state index contributed by atoms with van der Waals surface area (Å²) in [5, 5.41) is 6.63. The third kappa shape index (κ3) is 4.49. The smallest absolute Gasteiger partial charge is 0.325 e. The molecule has 0 aliphatic rings. The average Bonchev–Trinajstić information content (AvgIpc) is 2.52. The summed E-state index contributed by atoms with van der Waals surface area (Å²) in [5.74, 6) is -0.280. The van der Waals surface area contributed by atoms with Crippen LogP contribution in [0.15, 0.2) is 36.4 Å². The molecule has 0 spiro atoms. The van der Waals surface area contributed by atoms with Gasteiger partial charge < -0.3 is 15.4 Å². The molecule has 23 heavy (non-hydrogen) atoms. The Morgan fingerprint density at radius 2 is 1.70 bits per heavy atom. The van der Waals surface area contributed by atoms with Crippen LogP contribution in [0.5, 0.6) is 0 Å². The SMILES string of the molecule is COC(=O)CNc1ccccc1CNc1c(C)cc(C)cc1C. The molecule has 0 bridgehead atoms. The Labute approximate surface area is 137 Å². The minimum Gasteiger partial charge on any atom is -0.468 e. The fourth-order valence-electron chi connectivity index (χ4n) is 2.73. The van der Waals surface area contributed by atoms with E-state index in [4.69, 9.17) is 0 Å². The van der Waals surface area contributed by atoms with Crippen LogP contribution in [-0.2, 0) is 16.1 Å². The van der Waals surface area contributed by atoms with Crippen LogP contribution >= 0.6 is 0 Å². The Bertz CT molecular complexity index is 673. The second-order valence-electron chi connectivity index (χ2n) is 5.71. The molecule has 0 fully saturated rings. The van der Waals surface area contributed by atoms with Crippen molar-refractivity contribution in [1.29, 1.82) is 0 Å². The maximum atomic E-state index is 11.3. The predicted octanol–water partition coefficient (Wildman–Crippen LogP) is 3.81. The van der Waals surface area contributed by atoms with E-state index in [1.807, 2.05) is 24.3 Å². The Hall–Kier alpha value is -2.49. The van der Waals surface area contributed by atoms with E-state index in [0.717, 1.165) is 11.3 Å². The van der Waals surface area contributed by atoms with Gasteiger partial charge in [-0.15, -0.1) is 0 Å². The molecule has 122 valence electrons.